The van der Waals surface area contributed by atoms with E-state index in [1.54, 1.807) is 28.0 Å². The third kappa shape index (κ3) is 9.59. The molecule has 3 heterocycles. The monoisotopic (exact) mass is 850 g/mol. The largest absolute Gasteiger partial charge is 0.489 e. The average Bonchev–Trinajstić information content (AvgIpc) is 3.80. The number of urea groups is 1. The molecule has 60 heavy (non-hydrogen) atoms. The van der Waals surface area contributed by atoms with Gasteiger partial charge in [-0.2, -0.15) is 0 Å². The number of amides is 3. The van der Waals surface area contributed by atoms with E-state index in [1.807, 2.05) is 86.7 Å². The highest BCUT2D eigenvalue weighted by Gasteiger charge is 2.40. The van der Waals surface area contributed by atoms with Gasteiger partial charge in [-0.15, -0.1) is 0 Å². The molecule has 3 amide bonds. The number of hydrogen-bond donors (Lipinski definition) is 3. The van der Waals surface area contributed by atoms with Crippen molar-refractivity contribution in [3.8, 4) is 17.2 Å². The van der Waals surface area contributed by atoms with Gasteiger partial charge in [-0.1, -0.05) is 84.4 Å². The second-order valence-electron chi connectivity index (χ2n) is 15.3. The van der Waals surface area contributed by atoms with Crippen LogP contribution in [0.2, 0.25) is 10.0 Å². The molecule has 1 fully saturated rings. The fourth-order valence-corrected chi connectivity index (χ4v) is 8.03. The second-order valence-corrected chi connectivity index (χ2v) is 16.2. The van der Waals surface area contributed by atoms with Gasteiger partial charge in [0, 0.05) is 38.2 Å². The topological polar surface area (TPSA) is 144 Å². The van der Waals surface area contributed by atoms with E-state index in [1.165, 1.54) is 0 Å². The van der Waals surface area contributed by atoms with Gasteiger partial charge in [-0.25, -0.2) is 9.59 Å². The van der Waals surface area contributed by atoms with Crippen molar-refractivity contribution in [3.63, 3.8) is 0 Å². The lowest BCUT2D eigenvalue weighted by atomic mass is 9.92. The third-order valence-corrected chi connectivity index (χ3v) is 12.0. The van der Waals surface area contributed by atoms with Crippen LogP contribution < -0.4 is 25.3 Å². The number of aliphatic carboxylic acids is 1. The fraction of sp³-hybridized carbons (Fsp3) is 0.298. The van der Waals surface area contributed by atoms with E-state index in [0.29, 0.717) is 52.7 Å². The summed E-state index contributed by atoms with van der Waals surface area (Å²) >= 11 is 12.2. The normalized spacial score (nSPS) is 18.2. The number of rotatable bonds is 12. The van der Waals surface area contributed by atoms with E-state index >= 15 is 0 Å². The number of carboxylic acids is 1. The van der Waals surface area contributed by atoms with Crippen LogP contribution in [0.4, 0.5) is 4.79 Å². The van der Waals surface area contributed by atoms with Crippen LogP contribution in [0.1, 0.15) is 66.2 Å². The van der Waals surface area contributed by atoms with Crippen molar-refractivity contribution in [1.29, 1.82) is 0 Å². The number of fused-ring (bicyclic) bond motifs is 2. The highest BCUT2D eigenvalue weighted by Crippen LogP contribution is 2.41. The molecule has 0 aromatic heterocycles. The van der Waals surface area contributed by atoms with Crippen LogP contribution in [-0.4, -0.2) is 64.6 Å². The van der Waals surface area contributed by atoms with Gasteiger partial charge in [-0.05, 0) is 108 Å². The van der Waals surface area contributed by atoms with Crippen LogP contribution in [-0.2, 0) is 35.6 Å². The molecule has 3 aliphatic heterocycles. The zero-order chi connectivity index (χ0) is 42.5. The van der Waals surface area contributed by atoms with E-state index in [2.05, 4.69) is 11.9 Å². The highest BCUT2D eigenvalue weighted by atomic mass is 35.5. The maximum atomic E-state index is 14.2. The number of nitrogens with one attached hydrogen (secondary N) is 1. The molecule has 0 spiro atoms. The van der Waals surface area contributed by atoms with Crippen molar-refractivity contribution in [2.24, 2.45) is 5.73 Å². The van der Waals surface area contributed by atoms with Gasteiger partial charge < -0.3 is 40.2 Å². The van der Waals surface area contributed by atoms with Crippen LogP contribution in [0.5, 0.6) is 17.2 Å². The summed E-state index contributed by atoms with van der Waals surface area (Å²) in [6.07, 6.45) is 5.16. The van der Waals surface area contributed by atoms with E-state index in [0.717, 1.165) is 57.4 Å². The first kappa shape index (κ1) is 42.2. The lowest BCUT2D eigenvalue weighted by molar-refractivity contribution is -0.142. The first-order chi connectivity index (χ1) is 28.9. The van der Waals surface area contributed by atoms with Crippen molar-refractivity contribution in [2.45, 2.75) is 70.9 Å². The Balaban J connectivity index is 1.05. The van der Waals surface area contributed by atoms with Crippen molar-refractivity contribution in [1.82, 2.24) is 15.1 Å². The number of nitrogens with zero attached hydrogens (tertiary/aromatic N) is 2. The summed E-state index contributed by atoms with van der Waals surface area (Å²) in [4.78, 5) is 44.1. The van der Waals surface area contributed by atoms with E-state index < -0.39 is 30.1 Å². The van der Waals surface area contributed by atoms with Crippen LogP contribution in [0.3, 0.4) is 0 Å². The number of allylic oxidation sites excluding steroid dienone is 5. The predicted octanol–water partition coefficient (Wildman–Crippen LogP) is 8.66. The first-order valence-electron chi connectivity index (χ1n) is 19.9. The van der Waals surface area contributed by atoms with Gasteiger partial charge in [-0.3, -0.25) is 4.79 Å². The number of carbonyl (C=O) groups is 3. The molecule has 0 bridgehead atoms. The maximum absolute atomic E-state index is 14.2. The maximum Gasteiger partial charge on any atom is 0.326 e. The van der Waals surface area contributed by atoms with Crippen molar-refractivity contribution < 1.29 is 33.7 Å². The molecule has 0 saturated carbocycles. The van der Waals surface area contributed by atoms with E-state index in [9.17, 15) is 19.5 Å². The molecular weight excluding hydrogens is 803 g/mol. The summed E-state index contributed by atoms with van der Waals surface area (Å²) < 4.78 is 18.6. The quantitative estimate of drug-likeness (QED) is 0.120. The molecule has 3 atom stereocenters. The molecule has 312 valence electrons. The summed E-state index contributed by atoms with van der Waals surface area (Å²) in [6, 6.07) is 21.8. The number of benzene rings is 4. The van der Waals surface area contributed by atoms with E-state index in [-0.39, 0.29) is 32.0 Å². The van der Waals surface area contributed by atoms with Crippen LogP contribution in [0.15, 0.2) is 109 Å². The van der Waals surface area contributed by atoms with Gasteiger partial charge in [0.25, 0.3) is 0 Å². The second kappa shape index (κ2) is 18.6. The van der Waals surface area contributed by atoms with Crippen LogP contribution >= 0.6 is 23.2 Å². The lowest BCUT2D eigenvalue weighted by Gasteiger charge is -2.39. The summed E-state index contributed by atoms with van der Waals surface area (Å²) in [7, 11) is 0. The number of ether oxygens (including phenoxy) is 3. The molecule has 7 rings (SSSR count). The Morgan fingerprint density at radius 3 is 2.32 bits per heavy atom. The molecule has 0 radical (unpaired) electrons. The highest BCUT2D eigenvalue weighted by molar-refractivity contribution is 6.42. The number of carboxylic acid groups (broad SMARTS) is 1. The Labute approximate surface area is 360 Å². The number of likely N-dealkylation sites (tertiary alicyclic amines) is 1. The van der Waals surface area contributed by atoms with Gasteiger partial charge in [0.15, 0.2) is 17.6 Å². The number of halogens is 2. The summed E-state index contributed by atoms with van der Waals surface area (Å²) in [5.74, 6) is 0.0426. The van der Waals surface area contributed by atoms with Gasteiger partial charge in [0.1, 0.15) is 31.0 Å². The first-order valence-corrected chi connectivity index (χ1v) is 20.7. The summed E-state index contributed by atoms with van der Waals surface area (Å²) in [6.45, 7) is 9.50. The number of carbonyl (C=O) groups excluding carboxylic acids is 2. The number of hydrogen-bond acceptors (Lipinski definition) is 7. The van der Waals surface area contributed by atoms with Crippen molar-refractivity contribution >= 4 is 46.7 Å². The Bertz CT molecular complexity index is 2330. The molecule has 1 saturated heterocycles. The summed E-state index contributed by atoms with van der Waals surface area (Å²) in [5.41, 5.74) is 13.6. The zero-order valence-electron chi connectivity index (χ0n) is 33.6. The van der Waals surface area contributed by atoms with Crippen LogP contribution in [0, 0.1) is 0 Å². The molecule has 11 nitrogen and oxygen atoms in total. The fourth-order valence-electron chi connectivity index (χ4n) is 7.71. The van der Waals surface area contributed by atoms with Gasteiger partial charge in [0.2, 0.25) is 5.91 Å². The lowest BCUT2D eigenvalue weighted by Crippen LogP contribution is -2.58. The van der Waals surface area contributed by atoms with Crippen LogP contribution in [0.25, 0.3) is 5.57 Å². The minimum absolute atomic E-state index is 0.0459. The average molecular weight is 852 g/mol. The standard InChI is InChI=1S/C47H48Cl2N4O7/c1-4-7-37(28(2)29(3)50)32-11-8-30(9-12-32)21-40(46(55)56)51-45(54)41-22-34-23-42-43(24-35(34)25-53(41)47(57)52-18-5-6-19-52)60-44(27-59-42)33-13-15-36(16-14-33)58-26-31-10-17-38(48)39(49)20-31/h4,7-17,20,23-24,40-41,44H,1,5-6,18-19,21-22,25-27,50H2,2-3H3,(H,51,54)(H,55,56)/b29-28-,37-7+/t40-,41-,44+/m0/s1. The smallest absolute Gasteiger partial charge is 0.326 e. The molecule has 4 N–H and O–H groups in total. The summed E-state index contributed by atoms with van der Waals surface area (Å²) in [5, 5.41) is 14.0. The van der Waals surface area contributed by atoms with E-state index in [4.69, 9.17) is 43.1 Å². The van der Waals surface area contributed by atoms with Gasteiger partial charge in [0.05, 0.1) is 10.0 Å². The predicted molar refractivity (Wildman–Crippen MR) is 232 cm³/mol. The molecule has 4 aromatic rings. The Morgan fingerprint density at radius 2 is 1.65 bits per heavy atom. The molecular formula is C47H48Cl2N4O7. The molecule has 0 aliphatic carbocycles. The Morgan fingerprint density at radius 1 is 0.950 bits per heavy atom. The Hall–Kier alpha value is -5.91. The van der Waals surface area contributed by atoms with Crippen molar-refractivity contribution in [3.05, 3.63) is 152 Å². The van der Waals surface area contributed by atoms with Gasteiger partial charge >= 0.3 is 12.0 Å². The molecule has 3 aliphatic rings. The number of nitrogens with two attached hydrogens (primary N) is 1. The Kier molecular flexibility index (Phi) is 13.1. The minimum atomic E-state index is -1.23. The zero-order valence-corrected chi connectivity index (χ0v) is 35.1. The molecule has 4 aromatic carbocycles. The SMILES string of the molecule is C=C/C=C(\C(C)=C(\C)N)c1ccc(C[C@H](NC(=O)[C@@H]2Cc3cc4c(cc3CN2C(=O)N2CCCC2)O[C@@H](c2ccc(OCc3ccc(Cl)c(Cl)c3)cc2)CO4)C(=O)O)cc1. The third-order valence-electron chi connectivity index (χ3n) is 11.2. The minimum Gasteiger partial charge on any atom is -0.489 e. The van der Waals surface area contributed by atoms with Crippen molar-refractivity contribution in [2.75, 3.05) is 19.7 Å². The molecule has 13 heteroatoms. The molecule has 0 unspecified atom stereocenters.